The molecule has 2 saturated heterocycles. The minimum absolute atomic E-state index is 0.288. The highest BCUT2D eigenvalue weighted by atomic mass is 35.5. The third kappa shape index (κ3) is 3.06. The molecule has 3 heterocycles. The van der Waals surface area contributed by atoms with E-state index in [2.05, 4.69) is 43.5 Å². The fourth-order valence-electron chi connectivity index (χ4n) is 3.29. The van der Waals surface area contributed by atoms with E-state index >= 15 is 0 Å². The molecule has 7 heteroatoms. The molecule has 1 aromatic heterocycles. The fraction of sp³-hybridized carbons (Fsp3) is 0.786. The first-order valence-electron chi connectivity index (χ1n) is 7.86. The molecule has 1 atom stereocenters. The van der Waals surface area contributed by atoms with Crippen molar-refractivity contribution in [3.05, 3.63) is 5.28 Å². The van der Waals surface area contributed by atoms with Crippen LogP contribution in [0.1, 0.15) is 26.7 Å². The standard InChI is InChI=1S/C14H23ClN6/c1-3-19(4-2)13-16-12(15)17-14(18-13)21-9-8-20-7-5-6-11(20)10-21/h11H,3-10H2,1-2H3. The molecule has 0 saturated carbocycles. The van der Waals surface area contributed by atoms with Crippen LogP contribution in [0.5, 0.6) is 0 Å². The van der Waals surface area contributed by atoms with Crippen molar-refractivity contribution in [1.82, 2.24) is 19.9 Å². The average Bonchev–Trinajstić information content (AvgIpc) is 2.95. The van der Waals surface area contributed by atoms with Gasteiger partial charge in [0.15, 0.2) is 0 Å². The van der Waals surface area contributed by atoms with Crippen molar-refractivity contribution >= 4 is 23.5 Å². The van der Waals surface area contributed by atoms with E-state index in [1.54, 1.807) is 0 Å². The molecule has 21 heavy (non-hydrogen) atoms. The van der Waals surface area contributed by atoms with Gasteiger partial charge in [0.05, 0.1) is 0 Å². The summed E-state index contributed by atoms with van der Waals surface area (Å²) in [6, 6.07) is 0.645. The highest BCUT2D eigenvalue weighted by Gasteiger charge is 2.31. The zero-order valence-electron chi connectivity index (χ0n) is 12.8. The Balaban J connectivity index is 1.81. The van der Waals surface area contributed by atoms with Crippen molar-refractivity contribution in [2.45, 2.75) is 32.7 Å². The van der Waals surface area contributed by atoms with Crippen LogP contribution in [0.25, 0.3) is 0 Å². The number of aromatic nitrogens is 3. The van der Waals surface area contributed by atoms with Crippen molar-refractivity contribution < 1.29 is 0 Å². The van der Waals surface area contributed by atoms with Gasteiger partial charge in [-0.15, -0.1) is 0 Å². The molecule has 0 aromatic carbocycles. The predicted molar refractivity (Wildman–Crippen MR) is 85.2 cm³/mol. The van der Waals surface area contributed by atoms with E-state index in [-0.39, 0.29) is 5.28 Å². The van der Waals surface area contributed by atoms with Crippen LogP contribution in [0.4, 0.5) is 11.9 Å². The molecule has 1 unspecified atom stereocenters. The van der Waals surface area contributed by atoms with Gasteiger partial charge in [-0.05, 0) is 44.8 Å². The first kappa shape index (κ1) is 14.8. The molecular weight excluding hydrogens is 288 g/mol. The molecular formula is C14H23ClN6. The van der Waals surface area contributed by atoms with Crippen molar-refractivity contribution in [2.75, 3.05) is 49.1 Å². The van der Waals surface area contributed by atoms with Gasteiger partial charge in [-0.2, -0.15) is 15.0 Å². The molecule has 0 aliphatic carbocycles. The smallest absolute Gasteiger partial charge is 0.231 e. The van der Waals surface area contributed by atoms with Crippen LogP contribution in [0.2, 0.25) is 5.28 Å². The van der Waals surface area contributed by atoms with Crippen LogP contribution in [-0.2, 0) is 0 Å². The lowest BCUT2D eigenvalue weighted by Gasteiger charge is -2.37. The molecule has 0 spiro atoms. The summed E-state index contributed by atoms with van der Waals surface area (Å²) in [4.78, 5) is 20.2. The Morgan fingerprint density at radius 2 is 1.95 bits per heavy atom. The molecule has 1 aromatic rings. The summed E-state index contributed by atoms with van der Waals surface area (Å²) < 4.78 is 0. The van der Waals surface area contributed by atoms with Crippen molar-refractivity contribution in [3.8, 4) is 0 Å². The topological polar surface area (TPSA) is 48.4 Å². The zero-order chi connectivity index (χ0) is 14.8. The van der Waals surface area contributed by atoms with E-state index < -0.39 is 0 Å². The first-order valence-corrected chi connectivity index (χ1v) is 8.24. The highest BCUT2D eigenvalue weighted by molar-refractivity contribution is 6.28. The van der Waals surface area contributed by atoms with Gasteiger partial charge in [0.25, 0.3) is 0 Å². The molecule has 116 valence electrons. The Morgan fingerprint density at radius 1 is 1.14 bits per heavy atom. The van der Waals surface area contributed by atoms with E-state index in [4.69, 9.17) is 11.6 Å². The Hall–Kier alpha value is -1.14. The van der Waals surface area contributed by atoms with Gasteiger partial charge in [0.1, 0.15) is 0 Å². The number of piperazine rings is 1. The predicted octanol–water partition coefficient (Wildman–Crippen LogP) is 1.66. The lowest BCUT2D eigenvalue weighted by molar-refractivity contribution is 0.229. The monoisotopic (exact) mass is 310 g/mol. The second kappa shape index (κ2) is 6.32. The molecule has 0 radical (unpaired) electrons. The summed E-state index contributed by atoms with van der Waals surface area (Å²) >= 11 is 6.11. The van der Waals surface area contributed by atoms with Gasteiger partial charge >= 0.3 is 0 Å². The quantitative estimate of drug-likeness (QED) is 0.843. The minimum Gasteiger partial charge on any atom is -0.341 e. The maximum atomic E-state index is 6.11. The van der Waals surface area contributed by atoms with Crippen LogP contribution >= 0.6 is 11.6 Å². The summed E-state index contributed by atoms with van der Waals surface area (Å²) in [5.41, 5.74) is 0. The summed E-state index contributed by atoms with van der Waals surface area (Å²) in [5.74, 6) is 1.41. The van der Waals surface area contributed by atoms with Gasteiger partial charge in [-0.25, -0.2) is 0 Å². The maximum absolute atomic E-state index is 6.11. The molecule has 2 aliphatic rings. The summed E-state index contributed by atoms with van der Waals surface area (Å²) in [5, 5.41) is 0.288. The normalized spacial score (nSPS) is 22.4. The van der Waals surface area contributed by atoms with E-state index in [0.717, 1.165) is 38.7 Å². The van der Waals surface area contributed by atoms with Crippen molar-refractivity contribution in [2.24, 2.45) is 0 Å². The number of hydrogen-bond acceptors (Lipinski definition) is 6. The van der Waals surface area contributed by atoms with E-state index in [9.17, 15) is 0 Å². The Labute approximate surface area is 131 Å². The van der Waals surface area contributed by atoms with Gasteiger partial charge in [0, 0.05) is 38.8 Å². The number of fused-ring (bicyclic) bond motifs is 1. The molecule has 2 fully saturated rings. The van der Waals surface area contributed by atoms with Crippen molar-refractivity contribution in [1.29, 1.82) is 0 Å². The Kier molecular flexibility index (Phi) is 4.45. The van der Waals surface area contributed by atoms with Gasteiger partial charge in [-0.1, -0.05) is 0 Å². The van der Waals surface area contributed by atoms with E-state index in [0.29, 0.717) is 12.0 Å². The van der Waals surface area contributed by atoms with E-state index in [1.807, 2.05) is 0 Å². The molecule has 0 N–H and O–H groups in total. The summed E-state index contributed by atoms with van der Waals surface area (Å²) in [7, 11) is 0. The second-order valence-electron chi connectivity index (χ2n) is 5.65. The SMILES string of the molecule is CCN(CC)c1nc(Cl)nc(N2CCN3CCCC3C2)n1. The largest absolute Gasteiger partial charge is 0.341 e. The summed E-state index contributed by atoms with van der Waals surface area (Å²) in [6.07, 6.45) is 2.58. The van der Waals surface area contributed by atoms with Crippen LogP contribution in [0.15, 0.2) is 0 Å². The van der Waals surface area contributed by atoms with Crippen LogP contribution in [0, 0.1) is 0 Å². The molecule has 0 bridgehead atoms. The second-order valence-corrected chi connectivity index (χ2v) is 5.99. The van der Waals surface area contributed by atoms with Gasteiger partial charge in [-0.3, -0.25) is 4.90 Å². The lowest BCUT2D eigenvalue weighted by atomic mass is 10.2. The van der Waals surface area contributed by atoms with Crippen molar-refractivity contribution in [3.63, 3.8) is 0 Å². The first-order chi connectivity index (χ1) is 10.2. The molecule has 2 aliphatic heterocycles. The number of nitrogens with zero attached hydrogens (tertiary/aromatic N) is 6. The molecule has 0 amide bonds. The third-order valence-corrected chi connectivity index (χ3v) is 4.67. The minimum atomic E-state index is 0.288. The highest BCUT2D eigenvalue weighted by Crippen LogP contribution is 2.25. The maximum Gasteiger partial charge on any atom is 0.231 e. The summed E-state index contributed by atoms with van der Waals surface area (Å²) in [6.45, 7) is 10.2. The van der Waals surface area contributed by atoms with Gasteiger partial charge < -0.3 is 9.80 Å². The number of halogens is 1. The third-order valence-electron chi connectivity index (χ3n) is 4.50. The van der Waals surface area contributed by atoms with Crippen LogP contribution in [0.3, 0.4) is 0 Å². The number of rotatable bonds is 4. The Bertz CT molecular complexity index is 492. The number of anilines is 2. The van der Waals surface area contributed by atoms with Gasteiger partial charge in [0.2, 0.25) is 17.2 Å². The lowest BCUT2D eigenvalue weighted by Crippen LogP contribution is -2.50. The molecule has 6 nitrogen and oxygen atoms in total. The van der Waals surface area contributed by atoms with E-state index in [1.165, 1.54) is 19.4 Å². The van der Waals surface area contributed by atoms with Crippen LogP contribution < -0.4 is 9.80 Å². The van der Waals surface area contributed by atoms with Crippen LogP contribution in [-0.4, -0.2) is 65.2 Å². The Morgan fingerprint density at radius 3 is 2.71 bits per heavy atom. The molecule has 3 rings (SSSR count). The number of hydrogen-bond donors (Lipinski definition) is 0. The average molecular weight is 311 g/mol. The fourth-order valence-corrected chi connectivity index (χ4v) is 3.44. The zero-order valence-corrected chi connectivity index (χ0v) is 13.6.